The number of halogens is 6. The maximum Gasteiger partial charge on any atom is 0.417 e. The molecule has 2 N–H and O–H groups in total. The molecule has 0 saturated carbocycles. The van der Waals surface area contributed by atoms with Crippen LogP contribution < -0.4 is 0 Å². The summed E-state index contributed by atoms with van der Waals surface area (Å²) in [4.78, 5) is 6.38. The van der Waals surface area contributed by atoms with Crippen LogP contribution in [0.2, 0.25) is 0 Å². The van der Waals surface area contributed by atoms with Gasteiger partial charge < -0.3 is 9.97 Å². The van der Waals surface area contributed by atoms with Crippen molar-refractivity contribution in [3.8, 4) is 11.1 Å². The minimum absolute atomic E-state index is 0.0395. The number of sulfonamides is 2. The molecule has 2 aliphatic heterocycles. The Morgan fingerprint density at radius 1 is 0.530 bits per heavy atom. The summed E-state index contributed by atoms with van der Waals surface area (Å²) in [5.74, 6) is -1.72. The molecule has 0 spiro atoms. The number of para-hydroxylation sites is 2. The second-order valence-corrected chi connectivity index (χ2v) is 20.6. The zero-order chi connectivity index (χ0) is 46.2. The van der Waals surface area contributed by atoms with Gasteiger partial charge in [-0.15, -0.1) is 0 Å². The molecule has 2 aliphatic rings. The van der Waals surface area contributed by atoms with Crippen molar-refractivity contribution in [2.24, 2.45) is 0 Å². The number of aromatic nitrogens is 2. The average Bonchev–Trinajstić information content (AvgIpc) is 3.92. The molecular formula is C50H40F6N4O4S2. The molecule has 8 aromatic rings. The van der Waals surface area contributed by atoms with Crippen molar-refractivity contribution in [3.05, 3.63) is 201 Å². The molecule has 0 aliphatic carbocycles. The fourth-order valence-electron chi connectivity index (χ4n) is 9.89. The second-order valence-electron chi connectivity index (χ2n) is 16.8. The Bertz CT molecular complexity index is 3400. The Morgan fingerprint density at radius 3 is 1.73 bits per heavy atom. The lowest BCUT2D eigenvalue weighted by Gasteiger charge is -2.37. The molecule has 66 heavy (non-hydrogen) atoms. The highest BCUT2D eigenvalue weighted by Crippen LogP contribution is 2.46. The summed E-state index contributed by atoms with van der Waals surface area (Å²) in [6, 6.07) is 32.8. The van der Waals surface area contributed by atoms with Crippen LogP contribution in [0.4, 0.5) is 26.3 Å². The number of alkyl halides is 6. The van der Waals surface area contributed by atoms with Crippen LogP contribution in [0.5, 0.6) is 0 Å². The van der Waals surface area contributed by atoms with Crippen LogP contribution in [0, 0.1) is 0 Å². The Morgan fingerprint density at radius 2 is 1.09 bits per heavy atom. The lowest BCUT2D eigenvalue weighted by molar-refractivity contribution is -0.138. The van der Waals surface area contributed by atoms with Crippen LogP contribution in [0.1, 0.15) is 67.7 Å². The third-order valence-electron chi connectivity index (χ3n) is 12.8. The van der Waals surface area contributed by atoms with Gasteiger partial charge >= 0.3 is 12.4 Å². The smallest absolute Gasteiger partial charge is 0.361 e. The zero-order valence-electron chi connectivity index (χ0n) is 34.9. The molecule has 0 amide bonds. The standard InChI is InChI=1S/C50H40F6N4O4S2/c51-49(52,53)36-12-7-9-31(25-36)29-65(61,62)60-24-22-33-19-20-34(26-41(33)48(60)43-28-58-45-18-6-4-15-40(43)45)37-16-8-11-35(46(37)50(54,55)56)30-66(63,64)59-23-21-32-10-1-2-13-38(32)47(59)42-27-57-44-17-5-3-14-39(42)44/h1-20,25-28,47-48,57-58H,21-24,29-30H2/t47-,48+/m0/s1. The third-order valence-corrected chi connectivity index (χ3v) is 16.4. The molecule has 6 aromatic carbocycles. The van der Waals surface area contributed by atoms with Gasteiger partial charge in [-0.1, -0.05) is 109 Å². The van der Waals surface area contributed by atoms with Gasteiger partial charge in [-0.25, -0.2) is 16.8 Å². The van der Waals surface area contributed by atoms with E-state index in [2.05, 4.69) is 9.97 Å². The molecule has 0 fully saturated rings. The van der Waals surface area contributed by atoms with E-state index in [1.807, 2.05) is 48.5 Å². The highest BCUT2D eigenvalue weighted by atomic mass is 32.2. The van der Waals surface area contributed by atoms with E-state index in [9.17, 15) is 30.0 Å². The monoisotopic (exact) mass is 938 g/mol. The number of nitrogens with zero attached hydrogens (tertiary/aromatic N) is 2. The average molecular weight is 939 g/mol. The Balaban J connectivity index is 1.06. The molecule has 16 heteroatoms. The largest absolute Gasteiger partial charge is 0.417 e. The van der Waals surface area contributed by atoms with Gasteiger partial charge in [0, 0.05) is 58.4 Å². The van der Waals surface area contributed by atoms with Crippen molar-refractivity contribution in [2.75, 3.05) is 13.1 Å². The molecule has 0 bridgehead atoms. The Hall–Kier alpha value is -6.20. The summed E-state index contributed by atoms with van der Waals surface area (Å²) in [5.41, 5.74) is 2.49. The topological polar surface area (TPSA) is 106 Å². The number of fused-ring (bicyclic) bond motifs is 4. The van der Waals surface area contributed by atoms with E-state index in [-0.39, 0.29) is 36.2 Å². The first-order valence-electron chi connectivity index (χ1n) is 21.2. The van der Waals surface area contributed by atoms with Gasteiger partial charge in [-0.2, -0.15) is 35.0 Å². The number of rotatable bonds is 9. The fourth-order valence-corrected chi connectivity index (χ4v) is 13.3. The summed E-state index contributed by atoms with van der Waals surface area (Å²) < 4.78 is 149. The number of benzene rings is 6. The van der Waals surface area contributed by atoms with Crippen molar-refractivity contribution in [2.45, 2.75) is 48.8 Å². The minimum Gasteiger partial charge on any atom is -0.361 e. The van der Waals surface area contributed by atoms with E-state index >= 15 is 13.2 Å². The lowest BCUT2D eigenvalue weighted by atomic mass is 9.86. The number of aromatic amines is 2. The maximum atomic E-state index is 15.6. The molecular weight excluding hydrogens is 899 g/mol. The zero-order valence-corrected chi connectivity index (χ0v) is 36.5. The number of hydrogen-bond acceptors (Lipinski definition) is 4. The molecule has 4 heterocycles. The van der Waals surface area contributed by atoms with E-state index in [1.165, 1.54) is 45.0 Å². The highest BCUT2D eigenvalue weighted by molar-refractivity contribution is 7.88. The van der Waals surface area contributed by atoms with E-state index in [4.69, 9.17) is 0 Å². The summed E-state index contributed by atoms with van der Waals surface area (Å²) in [5, 5.41) is 1.44. The Labute approximate surface area is 376 Å². The van der Waals surface area contributed by atoms with Crippen molar-refractivity contribution in [1.82, 2.24) is 18.6 Å². The minimum atomic E-state index is -5.03. The number of H-pyrrole nitrogens is 2. The molecule has 2 atom stereocenters. The summed E-state index contributed by atoms with van der Waals surface area (Å²) in [6.07, 6.45) is -5.82. The number of nitrogens with one attached hydrogen (secondary N) is 2. The number of hydrogen-bond donors (Lipinski definition) is 2. The molecule has 10 rings (SSSR count). The van der Waals surface area contributed by atoms with Crippen molar-refractivity contribution in [3.63, 3.8) is 0 Å². The molecule has 2 aromatic heterocycles. The van der Waals surface area contributed by atoms with Crippen LogP contribution in [-0.4, -0.2) is 48.5 Å². The van der Waals surface area contributed by atoms with Crippen molar-refractivity contribution >= 4 is 41.9 Å². The lowest BCUT2D eigenvalue weighted by Crippen LogP contribution is -2.41. The van der Waals surface area contributed by atoms with Crippen LogP contribution >= 0.6 is 0 Å². The molecule has 0 unspecified atom stereocenters. The van der Waals surface area contributed by atoms with Gasteiger partial charge in [0.05, 0.1) is 34.7 Å². The quantitative estimate of drug-likeness (QED) is 0.141. The summed E-state index contributed by atoms with van der Waals surface area (Å²) in [7, 11) is -8.84. The van der Waals surface area contributed by atoms with Crippen LogP contribution in [0.25, 0.3) is 32.9 Å². The van der Waals surface area contributed by atoms with Crippen LogP contribution in [0.15, 0.2) is 146 Å². The summed E-state index contributed by atoms with van der Waals surface area (Å²) >= 11 is 0. The molecule has 8 nitrogen and oxygen atoms in total. The van der Waals surface area contributed by atoms with Crippen LogP contribution in [-0.2, 0) is 56.7 Å². The van der Waals surface area contributed by atoms with Gasteiger partial charge in [-0.05, 0) is 81.6 Å². The van der Waals surface area contributed by atoms with Gasteiger partial charge in [-0.3, -0.25) is 0 Å². The van der Waals surface area contributed by atoms with Gasteiger partial charge in [0.2, 0.25) is 20.0 Å². The summed E-state index contributed by atoms with van der Waals surface area (Å²) in [6.45, 7) is -0.0166. The fraction of sp³-hybridized carbons (Fsp3) is 0.200. The highest BCUT2D eigenvalue weighted by Gasteiger charge is 2.43. The van der Waals surface area contributed by atoms with Gasteiger partial charge in [0.1, 0.15) is 0 Å². The van der Waals surface area contributed by atoms with Crippen LogP contribution in [0.3, 0.4) is 0 Å². The predicted octanol–water partition coefficient (Wildman–Crippen LogP) is 11.3. The SMILES string of the molecule is O=S(=O)(Cc1cccc(C(F)(F)F)c1)N1CCc2ccc(-c3cccc(CS(=O)(=O)N4CCc5ccccc5[C@H]4c4c[nH]c5ccccc45)c3C(F)(F)F)cc2[C@@H]1c1c[nH]c2ccccc12. The van der Waals surface area contributed by atoms with E-state index in [0.717, 1.165) is 40.2 Å². The first kappa shape index (κ1) is 43.7. The second kappa shape index (κ2) is 16.3. The first-order chi connectivity index (χ1) is 31.5. The van der Waals surface area contributed by atoms with E-state index in [0.29, 0.717) is 39.6 Å². The molecule has 338 valence electrons. The van der Waals surface area contributed by atoms with Gasteiger partial charge in [0.25, 0.3) is 0 Å². The molecule has 0 saturated heterocycles. The van der Waals surface area contributed by atoms with E-state index < -0.39 is 72.7 Å². The normalized spacial score (nSPS) is 17.5. The van der Waals surface area contributed by atoms with Crippen molar-refractivity contribution in [1.29, 1.82) is 0 Å². The Kier molecular flexibility index (Phi) is 10.8. The van der Waals surface area contributed by atoms with Crippen molar-refractivity contribution < 1.29 is 43.2 Å². The maximum absolute atomic E-state index is 15.6. The first-order valence-corrected chi connectivity index (χ1v) is 24.4. The van der Waals surface area contributed by atoms with Gasteiger partial charge in [0.15, 0.2) is 0 Å². The molecule has 0 radical (unpaired) electrons. The van der Waals surface area contributed by atoms with E-state index in [1.54, 1.807) is 42.7 Å². The third kappa shape index (κ3) is 7.88. The predicted molar refractivity (Wildman–Crippen MR) is 241 cm³/mol.